The highest BCUT2D eigenvalue weighted by Gasteiger charge is 2.09. The van der Waals surface area contributed by atoms with Gasteiger partial charge in [-0.05, 0) is 69.2 Å². The van der Waals surface area contributed by atoms with Crippen LogP contribution in [0.25, 0.3) is 10.8 Å². The number of anilines is 3. The Morgan fingerprint density at radius 2 is 1.41 bits per heavy atom. The lowest BCUT2D eigenvalue weighted by molar-refractivity contribution is -0.118. The van der Waals surface area contributed by atoms with Gasteiger partial charge in [-0.3, -0.25) is 4.79 Å². The summed E-state index contributed by atoms with van der Waals surface area (Å²) in [5, 5.41) is 8.32. The van der Waals surface area contributed by atoms with Crippen molar-refractivity contribution in [2.24, 2.45) is 0 Å². The van der Waals surface area contributed by atoms with Gasteiger partial charge in [-0.15, -0.1) is 0 Å². The van der Waals surface area contributed by atoms with E-state index in [0.29, 0.717) is 5.75 Å². The number of benzene rings is 4. The summed E-state index contributed by atoms with van der Waals surface area (Å²) in [4.78, 5) is 12.3. The molecule has 0 heterocycles. The average Bonchev–Trinajstić information content (AvgIpc) is 2.76. The van der Waals surface area contributed by atoms with Gasteiger partial charge in [0.2, 0.25) is 0 Å². The fraction of sp³-hybridized carbons (Fsp3) is 0.0417. The molecule has 0 fully saturated rings. The fourth-order valence-corrected chi connectivity index (χ4v) is 3.60. The molecule has 4 aromatic carbocycles. The highest BCUT2D eigenvalue weighted by Crippen LogP contribution is 2.33. The SMILES string of the molecule is O=C(COc1ccc2ccccc2c1Br)Nc1ccc(Nc2ccccc2)cc1. The number of hydrogen-bond acceptors (Lipinski definition) is 3. The molecule has 0 radical (unpaired) electrons. The molecular formula is C24H19BrN2O2. The summed E-state index contributed by atoms with van der Waals surface area (Å²) in [5.41, 5.74) is 2.68. The van der Waals surface area contributed by atoms with Crippen molar-refractivity contribution in [2.75, 3.05) is 17.2 Å². The third-order valence-electron chi connectivity index (χ3n) is 4.42. The average molecular weight is 447 g/mol. The lowest BCUT2D eigenvalue weighted by atomic mass is 10.1. The number of rotatable bonds is 6. The van der Waals surface area contributed by atoms with Crippen molar-refractivity contribution in [2.45, 2.75) is 0 Å². The molecule has 4 aromatic rings. The maximum atomic E-state index is 12.3. The largest absolute Gasteiger partial charge is 0.483 e. The second kappa shape index (κ2) is 8.80. The smallest absolute Gasteiger partial charge is 0.262 e. The van der Waals surface area contributed by atoms with E-state index in [2.05, 4.69) is 26.6 Å². The van der Waals surface area contributed by atoms with Crippen LogP contribution in [-0.2, 0) is 4.79 Å². The molecule has 0 saturated heterocycles. The molecule has 2 N–H and O–H groups in total. The lowest BCUT2D eigenvalue weighted by Crippen LogP contribution is -2.20. The molecule has 0 aliphatic carbocycles. The third-order valence-corrected chi connectivity index (χ3v) is 5.24. The number of amides is 1. The zero-order valence-corrected chi connectivity index (χ0v) is 17.1. The maximum absolute atomic E-state index is 12.3. The van der Waals surface area contributed by atoms with E-state index in [9.17, 15) is 4.79 Å². The van der Waals surface area contributed by atoms with Crippen LogP contribution in [0.3, 0.4) is 0 Å². The Kier molecular flexibility index (Phi) is 5.77. The number of fused-ring (bicyclic) bond motifs is 1. The van der Waals surface area contributed by atoms with Crippen LogP contribution in [0, 0.1) is 0 Å². The molecule has 0 aliphatic rings. The monoisotopic (exact) mass is 446 g/mol. The van der Waals surface area contributed by atoms with Crippen molar-refractivity contribution in [1.29, 1.82) is 0 Å². The summed E-state index contributed by atoms with van der Waals surface area (Å²) in [6, 6.07) is 29.3. The molecular weight excluding hydrogens is 428 g/mol. The van der Waals surface area contributed by atoms with E-state index in [0.717, 1.165) is 32.3 Å². The van der Waals surface area contributed by atoms with Crippen molar-refractivity contribution in [3.8, 4) is 5.75 Å². The predicted octanol–water partition coefficient (Wildman–Crippen LogP) is 6.36. The summed E-state index contributed by atoms with van der Waals surface area (Å²) in [6.45, 7) is -0.0685. The molecule has 0 spiro atoms. The van der Waals surface area contributed by atoms with E-state index in [1.807, 2.05) is 91.0 Å². The second-order valence-corrected chi connectivity index (χ2v) is 7.30. The van der Waals surface area contributed by atoms with Gasteiger partial charge >= 0.3 is 0 Å². The Labute approximate surface area is 177 Å². The first-order valence-corrected chi connectivity index (χ1v) is 10.0. The van der Waals surface area contributed by atoms with Crippen LogP contribution in [0.5, 0.6) is 5.75 Å². The zero-order chi connectivity index (χ0) is 20.1. The molecule has 0 bridgehead atoms. The Hall–Kier alpha value is -3.31. The minimum Gasteiger partial charge on any atom is -0.483 e. The highest BCUT2D eigenvalue weighted by molar-refractivity contribution is 9.10. The van der Waals surface area contributed by atoms with Crippen molar-refractivity contribution >= 4 is 49.7 Å². The normalized spacial score (nSPS) is 10.5. The van der Waals surface area contributed by atoms with Crippen LogP contribution >= 0.6 is 15.9 Å². The topological polar surface area (TPSA) is 50.4 Å². The summed E-state index contributed by atoms with van der Waals surface area (Å²) in [7, 11) is 0. The minimum absolute atomic E-state index is 0.0685. The van der Waals surface area contributed by atoms with E-state index in [4.69, 9.17) is 4.74 Å². The number of para-hydroxylation sites is 1. The number of hydrogen-bond donors (Lipinski definition) is 2. The van der Waals surface area contributed by atoms with Crippen LogP contribution in [0.15, 0.2) is 95.5 Å². The number of nitrogens with one attached hydrogen (secondary N) is 2. The zero-order valence-electron chi connectivity index (χ0n) is 15.6. The van der Waals surface area contributed by atoms with Crippen molar-refractivity contribution in [1.82, 2.24) is 0 Å². The quantitative estimate of drug-likeness (QED) is 0.362. The van der Waals surface area contributed by atoms with E-state index in [1.165, 1.54) is 0 Å². The molecule has 0 aliphatic heterocycles. The van der Waals surface area contributed by atoms with Gasteiger partial charge < -0.3 is 15.4 Å². The summed E-state index contributed by atoms with van der Waals surface area (Å²) < 4.78 is 6.56. The molecule has 0 atom stereocenters. The summed E-state index contributed by atoms with van der Waals surface area (Å²) >= 11 is 3.57. The molecule has 0 saturated carbocycles. The summed E-state index contributed by atoms with van der Waals surface area (Å²) in [5.74, 6) is 0.426. The molecule has 1 amide bonds. The second-order valence-electron chi connectivity index (χ2n) is 6.50. The first-order chi connectivity index (χ1) is 14.2. The van der Waals surface area contributed by atoms with E-state index in [-0.39, 0.29) is 12.5 Å². The first-order valence-electron chi connectivity index (χ1n) is 9.21. The molecule has 0 unspecified atom stereocenters. The van der Waals surface area contributed by atoms with Gasteiger partial charge in [0, 0.05) is 17.1 Å². The van der Waals surface area contributed by atoms with Crippen LogP contribution < -0.4 is 15.4 Å². The van der Waals surface area contributed by atoms with Gasteiger partial charge in [0.25, 0.3) is 5.91 Å². The Morgan fingerprint density at radius 1 is 0.759 bits per heavy atom. The molecule has 4 rings (SSSR count). The van der Waals surface area contributed by atoms with Crippen LogP contribution in [0.1, 0.15) is 0 Å². The molecule has 4 nitrogen and oxygen atoms in total. The van der Waals surface area contributed by atoms with Gasteiger partial charge in [-0.1, -0.05) is 48.5 Å². The molecule has 144 valence electrons. The third kappa shape index (κ3) is 4.76. The van der Waals surface area contributed by atoms with Crippen LogP contribution in [-0.4, -0.2) is 12.5 Å². The van der Waals surface area contributed by atoms with Gasteiger partial charge in [0.15, 0.2) is 6.61 Å². The van der Waals surface area contributed by atoms with Crippen LogP contribution in [0.2, 0.25) is 0 Å². The standard InChI is InChI=1S/C24H19BrN2O2/c25-24-21-9-5-4-6-17(21)10-15-22(24)29-16-23(28)27-20-13-11-19(12-14-20)26-18-7-2-1-3-8-18/h1-15,26H,16H2,(H,27,28). The Balaban J connectivity index is 1.34. The number of ether oxygens (including phenoxy) is 1. The number of halogens is 1. The summed E-state index contributed by atoms with van der Waals surface area (Å²) in [6.07, 6.45) is 0. The Bertz CT molecular complexity index is 1130. The van der Waals surface area contributed by atoms with Crippen molar-refractivity contribution < 1.29 is 9.53 Å². The van der Waals surface area contributed by atoms with E-state index < -0.39 is 0 Å². The maximum Gasteiger partial charge on any atom is 0.262 e. The first kappa shape index (κ1) is 19.0. The van der Waals surface area contributed by atoms with Gasteiger partial charge in [-0.25, -0.2) is 0 Å². The van der Waals surface area contributed by atoms with Crippen LogP contribution in [0.4, 0.5) is 17.1 Å². The predicted molar refractivity (Wildman–Crippen MR) is 122 cm³/mol. The fourth-order valence-electron chi connectivity index (χ4n) is 2.99. The molecule has 0 aromatic heterocycles. The minimum atomic E-state index is -0.214. The lowest BCUT2D eigenvalue weighted by Gasteiger charge is -2.11. The Morgan fingerprint density at radius 3 is 2.21 bits per heavy atom. The van der Waals surface area contributed by atoms with Crippen molar-refractivity contribution in [3.63, 3.8) is 0 Å². The number of carbonyl (C=O) groups excluding carboxylic acids is 1. The van der Waals surface area contributed by atoms with Gasteiger partial charge in [0.1, 0.15) is 5.75 Å². The van der Waals surface area contributed by atoms with Gasteiger partial charge in [-0.2, -0.15) is 0 Å². The van der Waals surface area contributed by atoms with E-state index >= 15 is 0 Å². The molecule has 29 heavy (non-hydrogen) atoms. The molecule has 5 heteroatoms. The highest BCUT2D eigenvalue weighted by atomic mass is 79.9. The number of carbonyl (C=O) groups is 1. The van der Waals surface area contributed by atoms with Gasteiger partial charge in [0.05, 0.1) is 4.47 Å². The van der Waals surface area contributed by atoms with Crippen molar-refractivity contribution in [3.05, 3.63) is 95.5 Å². The van der Waals surface area contributed by atoms with E-state index in [1.54, 1.807) is 0 Å².